The van der Waals surface area contributed by atoms with Crippen molar-refractivity contribution in [3.8, 4) is 6.07 Å². The standard InChI is InChI=1S/C20H31NO/c1-14(2)8-7-9-16(4)18(11-13-21)20(6)12-10-15(3)17(5)19(20)22/h8,16,18H,7,9-12H2,1-6H3/t16?,18-,20+/m0/s1. The Bertz CT molecular complexity index is 516. The third-order valence-electron chi connectivity index (χ3n) is 5.51. The number of rotatable bonds is 6. The highest BCUT2D eigenvalue weighted by Crippen LogP contribution is 2.46. The molecule has 1 unspecified atom stereocenters. The number of hydrogen-bond acceptors (Lipinski definition) is 2. The van der Waals surface area contributed by atoms with E-state index in [1.165, 1.54) is 11.1 Å². The first kappa shape index (κ1) is 18.7. The molecule has 0 heterocycles. The Morgan fingerprint density at radius 1 is 1.41 bits per heavy atom. The van der Waals surface area contributed by atoms with E-state index in [-0.39, 0.29) is 17.1 Å². The molecule has 2 heteroatoms. The zero-order valence-electron chi connectivity index (χ0n) is 15.1. The summed E-state index contributed by atoms with van der Waals surface area (Å²) in [6.45, 7) is 12.5. The van der Waals surface area contributed by atoms with Crippen LogP contribution < -0.4 is 0 Å². The van der Waals surface area contributed by atoms with E-state index < -0.39 is 0 Å². The third-order valence-corrected chi connectivity index (χ3v) is 5.51. The smallest absolute Gasteiger partial charge is 0.164 e. The van der Waals surface area contributed by atoms with Crippen LogP contribution in [0.5, 0.6) is 0 Å². The number of Topliss-reactive ketones (excluding diaryl/α,β-unsaturated/α-hetero) is 1. The van der Waals surface area contributed by atoms with Gasteiger partial charge in [-0.3, -0.25) is 4.79 Å². The second-order valence-corrected chi connectivity index (χ2v) is 7.46. The van der Waals surface area contributed by atoms with Crippen LogP contribution in [0.25, 0.3) is 0 Å². The minimum absolute atomic E-state index is 0.151. The molecule has 1 aliphatic rings. The van der Waals surface area contributed by atoms with Gasteiger partial charge >= 0.3 is 0 Å². The Balaban J connectivity index is 2.97. The van der Waals surface area contributed by atoms with E-state index in [0.717, 1.165) is 31.3 Å². The second-order valence-electron chi connectivity index (χ2n) is 7.46. The molecule has 0 radical (unpaired) electrons. The summed E-state index contributed by atoms with van der Waals surface area (Å²) in [5.74, 6) is 0.805. The predicted molar refractivity (Wildman–Crippen MR) is 92.3 cm³/mol. The lowest BCUT2D eigenvalue weighted by molar-refractivity contribution is -0.129. The molecule has 0 aromatic carbocycles. The fourth-order valence-electron chi connectivity index (χ4n) is 3.71. The predicted octanol–water partition coefficient (Wildman–Crippen LogP) is 5.60. The van der Waals surface area contributed by atoms with Gasteiger partial charge in [0.1, 0.15) is 0 Å². The van der Waals surface area contributed by atoms with E-state index in [1.807, 2.05) is 6.92 Å². The summed E-state index contributed by atoms with van der Waals surface area (Å²) >= 11 is 0. The van der Waals surface area contributed by atoms with E-state index >= 15 is 0 Å². The van der Waals surface area contributed by atoms with Gasteiger partial charge in [-0.15, -0.1) is 0 Å². The molecular formula is C20H31NO. The van der Waals surface area contributed by atoms with E-state index in [4.69, 9.17) is 0 Å². The number of nitrogens with zero attached hydrogens (tertiary/aromatic N) is 1. The monoisotopic (exact) mass is 301 g/mol. The summed E-state index contributed by atoms with van der Waals surface area (Å²) in [6, 6.07) is 2.33. The van der Waals surface area contributed by atoms with Crippen molar-refractivity contribution in [2.24, 2.45) is 17.3 Å². The summed E-state index contributed by atoms with van der Waals surface area (Å²) in [6.07, 6.45) is 6.67. The van der Waals surface area contributed by atoms with Crippen molar-refractivity contribution in [2.75, 3.05) is 0 Å². The van der Waals surface area contributed by atoms with Crippen LogP contribution in [0.3, 0.4) is 0 Å². The number of allylic oxidation sites excluding steroid dienone is 4. The molecule has 0 aromatic rings. The van der Waals surface area contributed by atoms with Gasteiger partial charge < -0.3 is 0 Å². The van der Waals surface area contributed by atoms with Crippen LogP contribution in [0.4, 0.5) is 0 Å². The van der Waals surface area contributed by atoms with Crippen LogP contribution in [-0.4, -0.2) is 5.78 Å². The maximum absolute atomic E-state index is 12.9. The van der Waals surface area contributed by atoms with Gasteiger partial charge in [0.15, 0.2) is 5.78 Å². The SMILES string of the molecule is CC(C)=CCCC(C)[C@H](CC#N)[C@@]1(C)CCC(C)=C(C)C1=O. The van der Waals surface area contributed by atoms with Gasteiger partial charge in [0.2, 0.25) is 0 Å². The Hall–Kier alpha value is -1.36. The number of carbonyl (C=O) groups excluding carboxylic acids is 1. The Morgan fingerprint density at radius 2 is 2.05 bits per heavy atom. The first-order valence-corrected chi connectivity index (χ1v) is 8.45. The Labute approximate surface area is 136 Å². The molecule has 0 aromatic heterocycles. The molecule has 1 aliphatic carbocycles. The average molecular weight is 301 g/mol. The second kappa shape index (κ2) is 7.77. The van der Waals surface area contributed by atoms with Crippen LogP contribution >= 0.6 is 0 Å². The molecule has 3 atom stereocenters. The quantitative estimate of drug-likeness (QED) is 0.599. The van der Waals surface area contributed by atoms with Gasteiger partial charge in [0.25, 0.3) is 0 Å². The lowest BCUT2D eigenvalue weighted by Crippen LogP contribution is -2.42. The van der Waals surface area contributed by atoms with Gasteiger partial charge in [-0.25, -0.2) is 0 Å². The minimum atomic E-state index is -0.371. The van der Waals surface area contributed by atoms with E-state index in [0.29, 0.717) is 12.3 Å². The van der Waals surface area contributed by atoms with E-state index in [1.54, 1.807) is 0 Å². The van der Waals surface area contributed by atoms with Gasteiger partial charge in [0.05, 0.1) is 6.07 Å². The summed E-state index contributed by atoms with van der Waals surface area (Å²) in [5.41, 5.74) is 3.10. The summed E-state index contributed by atoms with van der Waals surface area (Å²) < 4.78 is 0. The number of ketones is 1. The highest BCUT2D eigenvalue weighted by molar-refractivity contribution is 6.00. The molecule has 0 spiro atoms. The van der Waals surface area contributed by atoms with Crippen LogP contribution in [0.1, 0.15) is 73.6 Å². The minimum Gasteiger partial charge on any atom is -0.294 e. The van der Waals surface area contributed by atoms with Gasteiger partial charge in [-0.05, 0) is 70.8 Å². The van der Waals surface area contributed by atoms with Gasteiger partial charge in [0, 0.05) is 11.8 Å². The molecule has 122 valence electrons. The summed E-state index contributed by atoms with van der Waals surface area (Å²) in [5, 5.41) is 9.26. The molecule has 0 aliphatic heterocycles. The first-order valence-electron chi connectivity index (χ1n) is 8.45. The molecule has 0 bridgehead atoms. The van der Waals surface area contributed by atoms with Gasteiger partial charge in [-0.1, -0.05) is 31.1 Å². The fraction of sp³-hybridized carbons (Fsp3) is 0.700. The molecule has 0 fully saturated rings. The van der Waals surface area contributed by atoms with Crippen LogP contribution in [0, 0.1) is 28.6 Å². The van der Waals surface area contributed by atoms with Crippen molar-refractivity contribution in [2.45, 2.75) is 73.6 Å². The van der Waals surface area contributed by atoms with Crippen molar-refractivity contribution < 1.29 is 4.79 Å². The lowest BCUT2D eigenvalue weighted by Gasteiger charge is -2.42. The molecule has 0 amide bonds. The van der Waals surface area contributed by atoms with Crippen LogP contribution in [0.15, 0.2) is 22.8 Å². The van der Waals surface area contributed by atoms with Crippen LogP contribution in [-0.2, 0) is 4.79 Å². The van der Waals surface area contributed by atoms with Crippen molar-refractivity contribution in [1.82, 2.24) is 0 Å². The summed E-state index contributed by atoms with van der Waals surface area (Å²) in [7, 11) is 0. The van der Waals surface area contributed by atoms with Gasteiger partial charge in [-0.2, -0.15) is 5.26 Å². The average Bonchev–Trinajstić information content (AvgIpc) is 2.46. The van der Waals surface area contributed by atoms with E-state index in [9.17, 15) is 10.1 Å². The van der Waals surface area contributed by atoms with Crippen molar-refractivity contribution in [3.63, 3.8) is 0 Å². The summed E-state index contributed by atoms with van der Waals surface area (Å²) in [4.78, 5) is 12.9. The topological polar surface area (TPSA) is 40.9 Å². The van der Waals surface area contributed by atoms with Crippen molar-refractivity contribution >= 4 is 5.78 Å². The maximum Gasteiger partial charge on any atom is 0.164 e. The van der Waals surface area contributed by atoms with Crippen molar-refractivity contribution in [3.05, 3.63) is 22.8 Å². The Morgan fingerprint density at radius 3 is 2.59 bits per heavy atom. The normalized spacial score (nSPS) is 24.7. The molecule has 1 rings (SSSR count). The molecule has 0 saturated heterocycles. The zero-order valence-corrected chi connectivity index (χ0v) is 15.1. The highest BCUT2D eigenvalue weighted by atomic mass is 16.1. The molecule has 0 saturated carbocycles. The highest BCUT2D eigenvalue weighted by Gasteiger charge is 2.45. The molecule has 2 nitrogen and oxygen atoms in total. The lowest BCUT2D eigenvalue weighted by atomic mass is 9.60. The number of nitriles is 1. The Kier molecular flexibility index (Phi) is 6.60. The maximum atomic E-state index is 12.9. The number of hydrogen-bond donors (Lipinski definition) is 0. The van der Waals surface area contributed by atoms with Crippen molar-refractivity contribution in [1.29, 1.82) is 5.26 Å². The molecule has 0 N–H and O–H groups in total. The first-order chi connectivity index (χ1) is 10.2. The third kappa shape index (κ3) is 4.09. The number of carbonyl (C=O) groups is 1. The molecule has 22 heavy (non-hydrogen) atoms. The largest absolute Gasteiger partial charge is 0.294 e. The van der Waals surface area contributed by atoms with E-state index in [2.05, 4.69) is 46.8 Å². The molecular weight excluding hydrogens is 270 g/mol. The van der Waals surface area contributed by atoms with Crippen LogP contribution in [0.2, 0.25) is 0 Å². The zero-order chi connectivity index (χ0) is 16.9. The fourth-order valence-corrected chi connectivity index (χ4v) is 3.71.